The zero-order chi connectivity index (χ0) is 18.6. The van der Waals surface area contributed by atoms with Gasteiger partial charge in [-0.05, 0) is 51.2 Å². The van der Waals surface area contributed by atoms with Crippen molar-refractivity contribution in [1.82, 2.24) is 9.88 Å². The zero-order valence-electron chi connectivity index (χ0n) is 15.5. The minimum Gasteiger partial charge on any atom is -0.481 e. The molecule has 0 radical (unpaired) electrons. The predicted octanol–water partition coefficient (Wildman–Crippen LogP) is 3.71. The highest BCUT2D eigenvalue weighted by molar-refractivity contribution is 6.00. The third-order valence-electron chi connectivity index (χ3n) is 6.50. The maximum absolute atomic E-state index is 13.4. The molecule has 4 rings (SSSR count). The van der Waals surface area contributed by atoms with Crippen molar-refractivity contribution < 1.29 is 14.7 Å². The molecule has 2 saturated heterocycles. The van der Waals surface area contributed by atoms with Crippen molar-refractivity contribution in [2.75, 3.05) is 0 Å². The van der Waals surface area contributed by atoms with Gasteiger partial charge in [0.15, 0.2) is 0 Å². The fraction of sp³-hybridized carbons (Fsp3) is 0.476. The number of rotatable bonds is 3. The Kier molecular flexibility index (Phi) is 3.79. The molecule has 1 amide bonds. The van der Waals surface area contributed by atoms with E-state index in [1.54, 1.807) is 0 Å². The van der Waals surface area contributed by atoms with Crippen LogP contribution >= 0.6 is 0 Å². The van der Waals surface area contributed by atoms with E-state index < -0.39 is 11.4 Å². The summed E-state index contributed by atoms with van der Waals surface area (Å²) in [6, 6.07) is 7.68. The fourth-order valence-corrected chi connectivity index (χ4v) is 5.05. The van der Waals surface area contributed by atoms with E-state index in [9.17, 15) is 14.7 Å². The summed E-state index contributed by atoms with van der Waals surface area (Å²) in [7, 11) is 0. The minimum absolute atomic E-state index is 0.0242. The Bertz CT molecular complexity index is 923. The van der Waals surface area contributed by atoms with E-state index in [1.807, 2.05) is 49.9 Å². The van der Waals surface area contributed by atoms with E-state index in [4.69, 9.17) is 0 Å². The number of carboxylic acid groups (broad SMARTS) is 1. The summed E-state index contributed by atoms with van der Waals surface area (Å²) in [6.45, 7) is 5.80. The number of aromatic nitrogens is 1. The summed E-state index contributed by atoms with van der Waals surface area (Å²) in [6.07, 6.45) is 2.79. The molecule has 2 fully saturated rings. The first-order valence-corrected chi connectivity index (χ1v) is 9.32. The first kappa shape index (κ1) is 17.0. The Hall–Kier alpha value is -2.43. The molecule has 2 aliphatic heterocycles. The van der Waals surface area contributed by atoms with E-state index in [-0.39, 0.29) is 18.0 Å². The highest BCUT2D eigenvalue weighted by Crippen LogP contribution is 2.52. The summed E-state index contributed by atoms with van der Waals surface area (Å²) in [5.41, 5.74) is 2.51. The molecule has 26 heavy (non-hydrogen) atoms. The average molecular weight is 352 g/mol. The third kappa shape index (κ3) is 2.19. The van der Waals surface area contributed by atoms with Gasteiger partial charge in [0, 0.05) is 17.5 Å². The SMILES string of the molecule is CC[C@@]1(C(=O)O)C[C@@H]2CC[C@H]1N2C(=O)c1cc2cccc(C)c2nc1C. The van der Waals surface area contributed by atoms with Crippen LogP contribution in [-0.2, 0) is 4.79 Å². The first-order valence-electron chi connectivity index (χ1n) is 9.32. The lowest BCUT2D eigenvalue weighted by Gasteiger charge is -2.32. The highest BCUT2D eigenvalue weighted by atomic mass is 16.4. The van der Waals surface area contributed by atoms with E-state index in [2.05, 4.69) is 4.98 Å². The van der Waals surface area contributed by atoms with Crippen LogP contribution in [0.3, 0.4) is 0 Å². The topological polar surface area (TPSA) is 70.5 Å². The van der Waals surface area contributed by atoms with Crippen LogP contribution < -0.4 is 0 Å². The van der Waals surface area contributed by atoms with Gasteiger partial charge in [0.2, 0.25) is 0 Å². The van der Waals surface area contributed by atoms with E-state index in [0.717, 1.165) is 29.3 Å². The second-order valence-electron chi connectivity index (χ2n) is 7.75. The summed E-state index contributed by atoms with van der Waals surface area (Å²) in [5, 5.41) is 10.8. The maximum Gasteiger partial charge on any atom is 0.311 e. The molecule has 0 saturated carbocycles. The molecule has 2 aromatic rings. The zero-order valence-corrected chi connectivity index (χ0v) is 15.5. The number of hydrogen-bond donors (Lipinski definition) is 1. The van der Waals surface area contributed by atoms with Gasteiger partial charge in [-0.2, -0.15) is 0 Å². The van der Waals surface area contributed by atoms with Crippen molar-refractivity contribution in [1.29, 1.82) is 0 Å². The third-order valence-corrected chi connectivity index (χ3v) is 6.50. The molecule has 0 spiro atoms. The molecule has 0 unspecified atom stereocenters. The molecular weight excluding hydrogens is 328 g/mol. The van der Waals surface area contributed by atoms with E-state index in [0.29, 0.717) is 24.1 Å². The molecule has 5 nitrogen and oxygen atoms in total. The summed E-state index contributed by atoms with van der Waals surface area (Å²) in [5.74, 6) is -0.837. The predicted molar refractivity (Wildman–Crippen MR) is 99.2 cm³/mol. The summed E-state index contributed by atoms with van der Waals surface area (Å²) >= 11 is 0. The standard InChI is InChI=1S/C21H24N2O3/c1-4-21(20(25)26)11-15-8-9-17(21)23(15)19(24)16-10-14-7-5-6-12(2)18(14)22-13(16)3/h5-7,10,15,17H,4,8-9,11H2,1-3H3,(H,25,26)/t15-,17+,21+/m0/s1. The number of fused-ring (bicyclic) bond motifs is 3. The Labute approximate surface area is 153 Å². The second-order valence-corrected chi connectivity index (χ2v) is 7.75. The number of carboxylic acids is 1. The van der Waals surface area contributed by atoms with Crippen molar-refractivity contribution in [2.24, 2.45) is 5.41 Å². The average Bonchev–Trinajstić information content (AvgIpc) is 3.17. The monoisotopic (exact) mass is 352 g/mol. The van der Waals surface area contributed by atoms with Crippen molar-refractivity contribution in [3.05, 3.63) is 41.1 Å². The number of hydrogen-bond acceptors (Lipinski definition) is 3. The van der Waals surface area contributed by atoms with Crippen LogP contribution in [-0.4, -0.2) is 39.0 Å². The number of aliphatic carboxylic acids is 1. The number of nitrogens with zero attached hydrogens (tertiary/aromatic N) is 2. The summed E-state index contributed by atoms with van der Waals surface area (Å²) in [4.78, 5) is 31.9. The number of amides is 1. The van der Waals surface area contributed by atoms with Crippen molar-refractivity contribution in [3.63, 3.8) is 0 Å². The molecule has 2 bridgehead atoms. The molecule has 136 valence electrons. The minimum atomic E-state index is -0.798. The number of aryl methyl sites for hydroxylation is 2. The highest BCUT2D eigenvalue weighted by Gasteiger charge is 2.60. The number of pyridine rings is 1. The van der Waals surface area contributed by atoms with Gasteiger partial charge in [0.25, 0.3) is 5.91 Å². The first-order chi connectivity index (χ1) is 12.4. The largest absolute Gasteiger partial charge is 0.481 e. The normalized spacial score (nSPS) is 27.3. The van der Waals surface area contributed by atoms with Gasteiger partial charge in [-0.25, -0.2) is 0 Å². The number of benzene rings is 1. The van der Waals surface area contributed by atoms with E-state index >= 15 is 0 Å². The lowest BCUT2D eigenvalue weighted by Crippen LogP contribution is -2.44. The van der Waals surface area contributed by atoms with Gasteiger partial charge in [-0.3, -0.25) is 14.6 Å². The quantitative estimate of drug-likeness (QED) is 0.914. The van der Waals surface area contributed by atoms with Crippen LogP contribution in [0.25, 0.3) is 10.9 Å². The molecular formula is C21H24N2O3. The van der Waals surface area contributed by atoms with Gasteiger partial charge in [0.1, 0.15) is 0 Å². The van der Waals surface area contributed by atoms with Crippen LogP contribution in [0.1, 0.15) is 54.2 Å². The molecule has 0 aliphatic carbocycles. The smallest absolute Gasteiger partial charge is 0.311 e. The Morgan fingerprint density at radius 2 is 2.08 bits per heavy atom. The lowest BCUT2D eigenvalue weighted by atomic mass is 9.72. The van der Waals surface area contributed by atoms with Crippen LogP contribution in [0.5, 0.6) is 0 Å². The van der Waals surface area contributed by atoms with Crippen LogP contribution in [0.4, 0.5) is 0 Å². The number of carbonyl (C=O) groups excluding carboxylic acids is 1. The Morgan fingerprint density at radius 3 is 2.73 bits per heavy atom. The van der Waals surface area contributed by atoms with Crippen LogP contribution in [0.2, 0.25) is 0 Å². The van der Waals surface area contributed by atoms with Crippen molar-refractivity contribution in [3.8, 4) is 0 Å². The molecule has 3 atom stereocenters. The number of para-hydroxylation sites is 1. The van der Waals surface area contributed by atoms with Gasteiger partial charge < -0.3 is 10.0 Å². The van der Waals surface area contributed by atoms with Gasteiger partial charge >= 0.3 is 5.97 Å². The van der Waals surface area contributed by atoms with Crippen LogP contribution in [0.15, 0.2) is 24.3 Å². The Balaban J connectivity index is 1.76. The van der Waals surface area contributed by atoms with Crippen LogP contribution in [0, 0.1) is 19.3 Å². The van der Waals surface area contributed by atoms with E-state index in [1.165, 1.54) is 0 Å². The molecule has 1 aromatic carbocycles. The van der Waals surface area contributed by atoms with Gasteiger partial charge in [-0.15, -0.1) is 0 Å². The fourth-order valence-electron chi connectivity index (χ4n) is 5.05. The Morgan fingerprint density at radius 1 is 1.31 bits per heavy atom. The molecule has 5 heteroatoms. The molecule has 1 aromatic heterocycles. The maximum atomic E-state index is 13.4. The van der Waals surface area contributed by atoms with Crippen molar-refractivity contribution in [2.45, 2.75) is 58.5 Å². The number of carbonyl (C=O) groups is 2. The molecule has 1 N–H and O–H groups in total. The van der Waals surface area contributed by atoms with Crippen molar-refractivity contribution >= 4 is 22.8 Å². The lowest BCUT2D eigenvalue weighted by molar-refractivity contribution is -0.151. The summed E-state index contributed by atoms with van der Waals surface area (Å²) < 4.78 is 0. The molecule has 3 heterocycles. The van der Waals surface area contributed by atoms with Gasteiger partial charge in [-0.1, -0.05) is 25.1 Å². The second kappa shape index (κ2) is 5.79. The molecule has 2 aliphatic rings. The van der Waals surface area contributed by atoms with Gasteiger partial charge in [0.05, 0.1) is 22.2 Å².